The molecule has 0 bridgehead atoms. The lowest BCUT2D eigenvalue weighted by molar-refractivity contribution is -0.415. The number of carbonyl (C=O) groups excluding carboxylic acids is 5. The van der Waals surface area contributed by atoms with Crippen LogP contribution in [0.15, 0.2) is 57.7 Å². The van der Waals surface area contributed by atoms with E-state index in [2.05, 4.69) is 0 Å². The van der Waals surface area contributed by atoms with Gasteiger partial charge in [-0.25, -0.2) is 0 Å². The molecule has 3 aromatic carbocycles. The number of phenols is 1. The van der Waals surface area contributed by atoms with E-state index in [9.17, 15) is 73.5 Å². The molecular weight excluding hydrogens is 1030 g/mol. The third-order valence-corrected chi connectivity index (χ3v) is 10.5. The summed E-state index contributed by atoms with van der Waals surface area (Å²) in [6.07, 6.45) is 0. The van der Waals surface area contributed by atoms with Gasteiger partial charge in [-0.3, -0.25) is 47.9 Å². The van der Waals surface area contributed by atoms with Crippen molar-refractivity contribution >= 4 is 99.3 Å². The van der Waals surface area contributed by atoms with Gasteiger partial charge in [0.1, 0.15) is 54.7 Å². The summed E-state index contributed by atoms with van der Waals surface area (Å²) in [5.41, 5.74) is -2.18. The molecule has 1 aliphatic carbocycles. The van der Waals surface area contributed by atoms with E-state index in [0.29, 0.717) is 4.90 Å². The minimum atomic E-state index is -3.74. The zero-order valence-corrected chi connectivity index (χ0v) is 41.2. The van der Waals surface area contributed by atoms with Gasteiger partial charge in [0.25, 0.3) is 0 Å². The van der Waals surface area contributed by atoms with Gasteiger partial charge in [-0.2, -0.15) is 0 Å². The summed E-state index contributed by atoms with van der Waals surface area (Å²) in [6.45, 7) is 1.25. The van der Waals surface area contributed by atoms with Crippen molar-refractivity contribution in [3.05, 3.63) is 74.4 Å². The van der Waals surface area contributed by atoms with E-state index in [0.717, 1.165) is 76.8 Å². The number of fused-ring (bicyclic) bond motifs is 2. The average Bonchev–Trinajstić information content (AvgIpc) is 3.23. The number of esters is 5. The highest BCUT2D eigenvalue weighted by molar-refractivity contribution is 6.33. The molecule has 0 saturated heterocycles. The Bertz CT molecular complexity index is 3140. The molecule has 0 radical (unpaired) electrons. The van der Waals surface area contributed by atoms with Crippen molar-refractivity contribution in [2.75, 3.05) is 36.0 Å². The van der Waals surface area contributed by atoms with Crippen molar-refractivity contribution in [2.24, 2.45) is 0 Å². The smallest absolute Gasteiger partial charge is 0.504 e. The van der Waals surface area contributed by atoms with Gasteiger partial charge in [-0.05, 0) is 48.4 Å². The van der Waals surface area contributed by atoms with Crippen LogP contribution in [-0.2, 0) is 57.4 Å². The Hall–Kier alpha value is -8.84. The lowest BCUT2D eigenvalue weighted by Gasteiger charge is -2.43. The van der Waals surface area contributed by atoms with E-state index in [4.69, 9.17) is 60.8 Å². The second-order valence-corrected chi connectivity index (χ2v) is 16.7. The van der Waals surface area contributed by atoms with Crippen LogP contribution in [0.3, 0.4) is 0 Å². The van der Waals surface area contributed by atoms with Crippen molar-refractivity contribution in [3.63, 3.8) is 0 Å². The number of carbonyl (C=O) groups is 9. The summed E-state index contributed by atoms with van der Waals surface area (Å²) in [5.74, 6) is -23.9. The Kier molecular flexibility index (Phi) is 16.9. The average molecular weight is 1070 g/mol. The molecule has 0 saturated carbocycles. The topological polar surface area (TPSA) is 356 Å². The van der Waals surface area contributed by atoms with Gasteiger partial charge in [0.05, 0.1) is 15.7 Å². The van der Waals surface area contributed by atoms with Crippen LogP contribution in [0.25, 0.3) is 33.4 Å². The SMILES string of the molecule is CC(=O)Oc1c(C)cc(OC(OC(C)=O)(OC(C)=O)C(C)(OC(C)=O)Oc2cc(-c3c4cc(Cl)c(=O)cc-4oc4cc(O)c(Cl)cc34)ccc2N(CC(=O)O)CC(=O)O)c(N(CC(=O)O)CC(=O)O)c1OC(C)=O. The number of halogens is 2. The maximum atomic E-state index is 13.4. The molecule has 0 amide bonds. The lowest BCUT2D eigenvalue weighted by atomic mass is 9.93. The predicted octanol–water partition coefficient (Wildman–Crippen LogP) is 5.20. The number of phenolic OH excluding ortho intramolecular Hbond substituents is 1. The minimum Gasteiger partial charge on any atom is -0.506 e. The van der Waals surface area contributed by atoms with Gasteiger partial charge in [-0.15, -0.1) is 0 Å². The zero-order chi connectivity index (χ0) is 55.3. The van der Waals surface area contributed by atoms with E-state index >= 15 is 0 Å². The molecule has 2 aliphatic rings. The monoisotopic (exact) mass is 1070 g/mol. The highest BCUT2D eigenvalue weighted by Crippen LogP contribution is 2.51. The molecule has 0 spiro atoms. The number of aromatic hydroxyl groups is 1. The van der Waals surface area contributed by atoms with E-state index in [1.165, 1.54) is 25.1 Å². The Labute approximate surface area is 426 Å². The van der Waals surface area contributed by atoms with Crippen LogP contribution in [0.4, 0.5) is 11.4 Å². The minimum absolute atomic E-state index is 0.0173. The number of carboxylic acids is 4. The van der Waals surface area contributed by atoms with Crippen molar-refractivity contribution < 1.29 is 106 Å². The first-order valence-corrected chi connectivity index (χ1v) is 21.8. The number of hydrogen-bond donors (Lipinski definition) is 5. The van der Waals surface area contributed by atoms with Crippen LogP contribution in [0, 0.1) is 6.92 Å². The lowest BCUT2D eigenvalue weighted by Crippen LogP contribution is -2.66. The number of rotatable bonds is 21. The summed E-state index contributed by atoms with van der Waals surface area (Å²) in [7, 11) is 0. The van der Waals surface area contributed by atoms with E-state index in [1.807, 2.05) is 0 Å². The predicted molar refractivity (Wildman–Crippen MR) is 253 cm³/mol. The summed E-state index contributed by atoms with van der Waals surface area (Å²) < 4.78 is 46.3. The van der Waals surface area contributed by atoms with Gasteiger partial charge < -0.3 is 72.9 Å². The summed E-state index contributed by atoms with van der Waals surface area (Å²) in [5, 5.41) is 50.2. The number of benzene rings is 4. The molecule has 1 atom stereocenters. The fraction of sp³-hybridized carbons (Fsp3) is 0.277. The standard InChI is InChI=1S/C47H42Cl2N2O23/c1-20-10-37(43(51(18-40(63)64)19-41(65)66)45(68-22(3)53)44(20)67-21(2)52)74-47(71-24(5)55,72-25(6)56)46(7,70-23(4)54)73-36-11-26(8-9-31(36)50(16-38(59)60)17-39(61)62)42-27-12-29(48)32(57)14-34(27)69-35-15-33(58)30(49)13-28(35)42/h8-15,57H,16-19H2,1-7H3,(H,59,60)(H,61,62)(H,63,64)(H,65,66). The Balaban J connectivity index is 1.99. The fourth-order valence-electron chi connectivity index (χ4n) is 7.43. The van der Waals surface area contributed by atoms with Gasteiger partial charge in [0.2, 0.25) is 11.2 Å². The molecule has 74 heavy (non-hydrogen) atoms. The summed E-state index contributed by atoms with van der Waals surface area (Å²) in [4.78, 5) is 129. The molecular formula is C47H42Cl2N2O23. The number of ether oxygens (including phenoxy) is 7. The van der Waals surface area contributed by atoms with Crippen molar-refractivity contribution in [1.82, 2.24) is 0 Å². The van der Waals surface area contributed by atoms with Crippen molar-refractivity contribution in [3.8, 4) is 51.2 Å². The second-order valence-electron chi connectivity index (χ2n) is 15.9. The van der Waals surface area contributed by atoms with Gasteiger partial charge in [0.15, 0.2) is 11.5 Å². The largest absolute Gasteiger partial charge is 0.506 e. The first-order chi connectivity index (χ1) is 34.4. The third kappa shape index (κ3) is 12.8. The Morgan fingerprint density at radius 3 is 1.66 bits per heavy atom. The fourth-order valence-corrected chi connectivity index (χ4v) is 7.75. The van der Waals surface area contributed by atoms with E-state index < -0.39 is 137 Å². The first kappa shape index (κ1) is 56.1. The van der Waals surface area contributed by atoms with E-state index in [-0.39, 0.29) is 49.0 Å². The molecule has 392 valence electrons. The normalized spacial score (nSPS) is 11.9. The van der Waals surface area contributed by atoms with Crippen molar-refractivity contribution in [2.45, 2.75) is 60.2 Å². The number of hydrogen-bond acceptors (Lipinski definition) is 21. The van der Waals surface area contributed by atoms with Gasteiger partial charge in [-0.1, -0.05) is 29.3 Å². The second kappa shape index (κ2) is 22.3. The molecule has 5 rings (SSSR count). The number of aryl methyl sites for hydroxylation is 1. The maximum Gasteiger partial charge on any atom is 0.504 e. The van der Waals surface area contributed by atoms with Crippen LogP contribution >= 0.6 is 23.2 Å². The number of nitrogens with zero attached hydrogens (tertiary/aromatic N) is 2. The number of anilines is 2. The summed E-state index contributed by atoms with van der Waals surface area (Å²) in [6, 6.07) is 9.00. The Morgan fingerprint density at radius 1 is 0.622 bits per heavy atom. The molecule has 5 N–H and O–H groups in total. The van der Waals surface area contributed by atoms with Gasteiger partial charge in [0, 0.05) is 70.2 Å². The number of carboxylic acid groups (broad SMARTS) is 4. The Morgan fingerprint density at radius 2 is 1.15 bits per heavy atom. The van der Waals surface area contributed by atoms with Crippen LogP contribution in [0.2, 0.25) is 10.0 Å². The quantitative estimate of drug-likeness (QED) is 0.0273. The van der Waals surface area contributed by atoms with Crippen LogP contribution in [0.1, 0.15) is 47.1 Å². The maximum absolute atomic E-state index is 13.4. The van der Waals surface area contributed by atoms with E-state index in [1.54, 1.807) is 0 Å². The molecule has 1 heterocycles. The molecule has 1 aliphatic heterocycles. The highest BCUT2D eigenvalue weighted by atomic mass is 35.5. The molecule has 0 aromatic heterocycles. The van der Waals surface area contributed by atoms with Gasteiger partial charge >= 0.3 is 65.5 Å². The van der Waals surface area contributed by atoms with Crippen LogP contribution < -0.4 is 34.2 Å². The number of aliphatic carboxylic acids is 4. The zero-order valence-electron chi connectivity index (χ0n) is 39.7. The molecule has 25 nitrogen and oxygen atoms in total. The molecule has 0 fully saturated rings. The van der Waals surface area contributed by atoms with Crippen LogP contribution in [0.5, 0.6) is 28.7 Å². The summed E-state index contributed by atoms with van der Waals surface area (Å²) >= 11 is 12.7. The first-order valence-electron chi connectivity index (χ1n) is 21.1. The molecule has 1 unspecified atom stereocenters. The van der Waals surface area contributed by atoms with Crippen molar-refractivity contribution in [1.29, 1.82) is 0 Å². The third-order valence-electron chi connectivity index (χ3n) is 9.90. The molecule has 3 aromatic rings. The van der Waals surface area contributed by atoms with Crippen LogP contribution in [-0.4, -0.2) is 117 Å². The molecule has 27 heteroatoms. The highest BCUT2D eigenvalue weighted by Gasteiger charge is 2.65.